The van der Waals surface area contributed by atoms with Crippen molar-refractivity contribution in [3.63, 3.8) is 0 Å². The lowest BCUT2D eigenvalue weighted by Gasteiger charge is -2.33. The van der Waals surface area contributed by atoms with Gasteiger partial charge in [0.1, 0.15) is 0 Å². The van der Waals surface area contributed by atoms with Crippen LogP contribution in [-0.2, 0) is 4.79 Å². The third-order valence-electron chi connectivity index (χ3n) is 3.72. The fourth-order valence-electron chi connectivity index (χ4n) is 2.57. The number of amides is 2. The van der Waals surface area contributed by atoms with Gasteiger partial charge in [0.15, 0.2) is 0 Å². The molecule has 0 radical (unpaired) electrons. The Balaban J connectivity index is 2.11. The monoisotopic (exact) mass is 261 g/mol. The van der Waals surface area contributed by atoms with Crippen molar-refractivity contribution >= 4 is 17.5 Å². The van der Waals surface area contributed by atoms with Crippen LogP contribution in [0.4, 0.5) is 5.69 Å². The summed E-state index contributed by atoms with van der Waals surface area (Å²) >= 11 is 0. The Bertz CT molecular complexity index is 505. The summed E-state index contributed by atoms with van der Waals surface area (Å²) in [6.07, 6.45) is 1.57. The van der Waals surface area contributed by atoms with E-state index in [-0.39, 0.29) is 11.8 Å². The van der Waals surface area contributed by atoms with Gasteiger partial charge in [-0.25, -0.2) is 0 Å². The number of hydrogen-bond acceptors (Lipinski definition) is 3. The lowest BCUT2D eigenvalue weighted by Crippen LogP contribution is -2.38. The zero-order valence-electron chi connectivity index (χ0n) is 11.1. The summed E-state index contributed by atoms with van der Waals surface area (Å²) in [5, 5.41) is 0. The van der Waals surface area contributed by atoms with Crippen molar-refractivity contribution in [1.82, 2.24) is 0 Å². The molecule has 1 aliphatic rings. The number of nitrogens with two attached hydrogens (primary N) is 2. The van der Waals surface area contributed by atoms with E-state index in [0.717, 1.165) is 37.2 Å². The van der Waals surface area contributed by atoms with Crippen LogP contribution in [0.3, 0.4) is 0 Å². The summed E-state index contributed by atoms with van der Waals surface area (Å²) in [4.78, 5) is 24.5. The van der Waals surface area contributed by atoms with E-state index in [2.05, 4.69) is 4.90 Å². The number of hydrogen-bond donors (Lipinski definition) is 2. The Morgan fingerprint density at radius 3 is 2.32 bits per heavy atom. The van der Waals surface area contributed by atoms with Gasteiger partial charge >= 0.3 is 0 Å². The molecular weight excluding hydrogens is 242 g/mol. The van der Waals surface area contributed by atoms with Crippen molar-refractivity contribution in [3.05, 3.63) is 29.3 Å². The second kappa shape index (κ2) is 5.30. The molecule has 5 nitrogen and oxygen atoms in total. The molecule has 1 aromatic rings. The van der Waals surface area contributed by atoms with Gasteiger partial charge in [-0.15, -0.1) is 0 Å². The predicted molar refractivity (Wildman–Crippen MR) is 73.8 cm³/mol. The summed E-state index contributed by atoms with van der Waals surface area (Å²) in [5.74, 6) is -0.635. The van der Waals surface area contributed by atoms with E-state index in [0.29, 0.717) is 5.56 Å². The first-order valence-electron chi connectivity index (χ1n) is 6.43. The quantitative estimate of drug-likeness (QED) is 0.843. The van der Waals surface area contributed by atoms with Crippen LogP contribution in [0, 0.1) is 12.8 Å². The number of benzene rings is 1. The second-order valence-corrected chi connectivity index (χ2v) is 5.03. The molecule has 1 fully saturated rings. The highest BCUT2D eigenvalue weighted by Gasteiger charge is 2.23. The number of primary amides is 2. The Morgan fingerprint density at radius 1 is 1.21 bits per heavy atom. The maximum Gasteiger partial charge on any atom is 0.248 e. The molecule has 2 amide bonds. The molecule has 0 spiro atoms. The van der Waals surface area contributed by atoms with Crippen LogP contribution in [-0.4, -0.2) is 24.9 Å². The third-order valence-corrected chi connectivity index (χ3v) is 3.72. The molecule has 1 saturated heterocycles. The Hall–Kier alpha value is -2.04. The van der Waals surface area contributed by atoms with Crippen LogP contribution in [0.15, 0.2) is 18.2 Å². The van der Waals surface area contributed by atoms with Crippen LogP contribution in [0.2, 0.25) is 0 Å². The summed E-state index contributed by atoms with van der Waals surface area (Å²) in [6.45, 7) is 3.58. The Morgan fingerprint density at radius 2 is 1.84 bits per heavy atom. The molecule has 102 valence electrons. The van der Waals surface area contributed by atoms with Crippen molar-refractivity contribution in [3.8, 4) is 0 Å². The normalized spacial score (nSPS) is 16.4. The van der Waals surface area contributed by atoms with Gasteiger partial charge in [-0.3, -0.25) is 9.59 Å². The Labute approximate surface area is 112 Å². The van der Waals surface area contributed by atoms with Gasteiger partial charge in [-0.1, -0.05) is 0 Å². The first-order chi connectivity index (χ1) is 8.99. The molecule has 0 aromatic heterocycles. The summed E-state index contributed by atoms with van der Waals surface area (Å²) < 4.78 is 0. The topological polar surface area (TPSA) is 89.4 Å². The molecule has 0 saturated carbocycles. The molecule has 2 rings (SSSR count). The largest absolute Gasteiger partial charge is 0.371 e. The van der Waals surface area contributed by atoms with Gasteiger partial charge in [0, 0.05) is 30.3 Å². The molecule has 1 aliphatic heterocycles. The molecule has 1 aromatic carbocycles. The van der Waals surface area contributed by atoms with Crippen molar-refractivity contribution in [2.45, 2.75) is 19.8 Å². The van der Waals surface area contributed by atoms with E-state index in [1.54, 1.807) is 12.1 Å². The fraction of sp³-hybridized carbons (Fsp3) is 0.429. The summed E-state index contributed by atoms with van der Waals surface area (Å²) in [6, 6.07) is 5.46. The molecule has 5 heteroatoms. The average Bonchev–Trinajstić information content (AvgIpc) is 2.38. The van der Waals surface area contributed by atoms with Gasteiger partial charge in [-0.2, -0.15) is 0 Å². The molecule has 4 N–H and O–H groups in total. The zero-order chi connectivity index (χ0) is 14.0. The number of aryl methyl sites for hydroxylation is 1. The smallest absolute Gasteiger partial charge is 0.248 e. The van der Waals surface area contributed by atoms with Gasteiger partial charge in [-0.05, 0) is 43.5 Å². The maximum atomic E-state index is 11.1. The van der Waals surface area contributed by atoms with Crippen LogP contribution in [0.1, 0.15) is 28.8 Å². The van der Waals surface area contributed by atoms with Crippen LogP contribution in [0.25, 0.3) is 0 Å². The molecule has 19 heavy (non-hydrogen) atoms. The number of carbonyl (C=O) groups is 2. The van der Waals surface area contributed by atoms with Crippen molar-refractivity contribution in [2.75, 3.05) is 18.0 Å². The first kappa shape index (κ1) is 13.4. The lowest BCUT2D eigenvalue weighted by atomic mass is 9.95. The van der Waals surface area contributed by atoms with Crippen molar-refractivity contribution in [1.29, 1.82) is 0 Å². The highest BCUT2D eigenvalue weighted by atomic mass is 16.1. The minimum atomic E-state index is -0.415. The number of nitrogens with zero attached hydrogens (tertiary/aromatic N) is 1. The van der Waals surface area contributed by atoms with Crippen LogP contribution < -0.4 is 16.4 Å². The van der Waals surface area contributed by atoms with E-state index in [9.17, 15) is 9.59 Å². The minimum Gasteiger partial charge on any atom is -0.371 e. The Kier molecular flexibility index (Phi) is 3.74. The summed E-state index contributed by atoms with van der Waals surface area (Å²) in [7, 11) is 0. The first-order valence-corrected chi connectivity index (χ1v) is 6.43. The highest BCUT2D eigenvalue weighted by molar-refractivity contribution is 5.93. The van der Waals surface area contributed by atoms with Crippen LogP contribution >= 0.6 is 0 Å². The predicted octanol–water partition coefficient (Wildman–Crippen LogP) is 0.796. The van der Waals surface area contributed by atoms with Gasteiger partial charge < -0.3 is 16.4 Å². The molecule has 0 atom stereocenters. The van der Waals surface area contributed by atoms with E-state index >= 15 is 0 Å². The third kappa shape index (κ3) is 2.86. The fourth-order valence-corrected chi connectivity index (χ4v) is 2.57. The lowest BCUT2D eigenvalue weighted by molar-refractivity contribution is -0.122. The minimum absolute atomic E-state index is 0.0125. The number of carbonyl (C=O) groups excluding carboxylic acids is 2. The highest BCUT2D eigenvalue weighted by Crippen LogP contribution is 2.26. The average molecular weight is 261 g/mol. The van der Waals surface area contributed by atoms with Gasteiger partial charge in [0.25, 0.3) is 0 Å². The molecule has 1 heterocycles. The van der Waals surface area contributed by atoms with E-state index < -0.39 is 5.91 Å². The van der Waals surface area contributed by atoms with Crippen LogP contribution in [0.5, 0.6) is 0 Å². The van der Waals surface area contributed by atoms with Gasteiger partial charge in [0.2, 0.25) is 11.8 Å². The van der Waals surface area contributed by atoms with Gasteiger partial charge in [0.05, 0.1) is 0 Å². The number of piperidine rings is 1. The zero-order valence-corrected chi connectivity index (χ0v) is 11.1. The van der Waals surface area contributed by atoms with E-state index in [4.69, 9.17) is 11.5 Å². The standard InChI is InChI=1S/C14H19N3O2/c1-9-8-11(14(16)19)2-3-12(9)17-6-4-10(5-7-17)13(15)18/h2-3,8,10H,4-7H2,1H3,(H2,15,18)(H2,16,19). The second-order valence-electron chi connectivity index (χ2n) is 5.03. The van der Waals surface area contributed by atoms with Crippen molar-refractivity contribution in [2.24, 2.45) is 17.4 Å². The molecule has 0 unspecified atom stereocenters. The molecule has 0 aliphatic carbocycles. The summed E-state index contributed by atoms with van der Waals surface area (Å²) in [5.41, 5.74) is 13.2. The van der Waals surface area contributed by atoms with E-state index in [1.165, 1.54) is 0 Å². The SMILES string of the molecule is Cc1cc(C(N)=O)ccc1N1CCC(C(N)=O)CC1. The number of rotatable bonds is 3. The van der Waals surface area contributed by atoms with Crippen molar-refractivity contribution < 1.29 is 9.59 Å². The maximum absolute atomic E-state index is 11.1. The number of anilines is 1. The molecular formula is C14H19N3O2. The van der Waals surface area contributed by atoms with E-state index in [1.807, 2.05) is 13.0 Å². The molecule has 0 bridgehead atoms.